The second-order valence-corrected chi connectivity index (χ2v) is 15.0. The number of benzene rings is 9. The van der Waals surface area contributed by atoms with Crippen LogP contribution in [0.25, 0.3) is 72.0 Å². The van der Waals surface area contributed by atoms with E-state index in [4.69, 9.17) is 0 Å². The van der Waals surface area contributed by atoms with Crippen molar-refractivity contribution < 1.29 is 0 Å². The zero-order chi connectivity index (χ0) is 37.7. The maximum atomic E-state index is 2.42. The van der Waals surface area contributed by atoms with Crippen molar-refractivity contribution in [1.82, 2.24) is 4.57 Å². The lowest BCUT2D eigenvalue weighted by Crippen LogP contribution is -2.18. The SMILES string of the molecule is c1ccc(-c2ccc(N3c4ccccc4Cc4cc(-c5ccc(-n6c7ccc(-c8ccccc8)cc7c7cc(-c8ccccc8)ccc76)cc5)ccc43)cc2)cc1. The number of aromatic nitrogens is 1. The van der Waals surface area contributed by atoms with Crippen molar-refractivity contribution in [2.45, 2.75) is 6.42 Å². The van der Waals surface area contributed by atoms with Gasteiger partial charge in [0.1, 0.15) is 0 Å². The van der Waals surface area contributed by atoms with Gasteiger partial charge in [-0.15, -0.1) is 0 Å². The van der Waals surface area contributed by atoms with E-state index < -0.39 is 0 Å². The van der Waals surface area contributed by atoms with E-state index in [1.54, 1.807) is 0 Å². The molecule has 10 aromatic rings. The van der Waals surface area contributed by atoms with Gasteiger partial charge in [0, 0.05) is 39.9 Å². The van der Waals surface area contributed by atoms with Gasteiger partial charge in [-0.05, 0) is 122 Å². The second kappa shape index (κ2) is 13.7. The molecular weight excluding hydrogens is 689 g/mol. The van der Waals surface area contributed by atoms with Crippen LogP contribution in [0.4, 0.5) is 17.1 Å². The van der Waals surface area contributed by atoms with Crippen molar-refractivity contribution in [3.8, 4) is 50.2 Å². The molecule has 0 spiro atoms. The molecule has 2 heterocycles. The van der Waals surface area contributed by atoms with Crippen LogP contribution in [0.15, 0.2) is 218 Å². The minimum atomic E-state index is 0.896. The van der Waals surface area contributed by atoms with Crippen LogP contribution in [-0.2, 0) is 6.42 Å². The van der Waals surface area contributed by atoms with Crippen LogP contribution in [0.3, 0.4) is 0 Å². The first-order chi connectivity index (χ1) is 28.2. The first-order valence-electron chi connectivity index (χ1n) is 19.7. The Bertz CT molecular complexity index is 2960. The van der Waals surface area contributed by atoms with Crippen LogP contribution in [0.5, 0.6) is 0 Å². The third-order valence-corrected chi connectivity index (χ3v) is 11.6. The lowest BCUT2D eigenvalue weighted by atomic mass is 9.92. The fourth-order valence-electron chi connectivity index (χ4n) is 8.77. The molecule has 0 bridgehead atoms. The van der Waals surface area contributed by atoms with Crippen LogP contribution in [0.1, 0.15) is 11.1 Å². The van der Waals surface area contributed by atoms with Gasteiger partial charge in [0.05, 0.1) is 11.0 Å². The van der Waals surface area contributed by atoms with Gasteiger partial charge < -0.3 is 9.47 Å². The Morgan fingerprint density at radius 1 is 0.281 bits per heavy atom. The molecule has 0 fully saturated rings. The molecule has 1 aliphatic heterocycles. The van der Waals surface area contributed by atoms with Crippen molar-refractivity contribution in [3.05, 3.63) is 230 Å². The molecule has 0 saturated carbocycles. The Kier molecular flexibility index (Phi) is 7.93. The van der Waals surface area contributed by atoms with Crippen molar-refractivity contribution in [2.75, 3.05) is 4.90 Å². The smallest absolute Gasteiger partial charge is 0.0541 e. The monoisotopic (exact) mass is 726 g/mol. The molecule has 0 saturated heterocycles. The Morgan fingerprint density at radius 3 is 1.26 bits per heavy atom. The molecule has 2 heteroatoms. The molecule has 11 rings (SSSR count). The number of nitrogens with zero attached hydrogens (tertiary/aromatic N) is 2. The van der Waals surface area contributed by atoms with Crippen LogP contribution >= 0.6 is 0 Å². The molecule has 0 radical (unpaired) electrons. The van der Waals surface area contributed by atoms with E-state index in [9.17, 15) is 0 Å². The number of anilines is 3. The predicted molar refractivity (Wildman–Crippen MR) is 240 cm³/mol. The van der Waals surface area contributed by atoms with E-state index in [0.29, 0.717) is 0 Å². The van der Waals surface area contributed by atoms with Gasteiger partial charge >= 0.3 is 0 Å². The average Bonchev–Trinajstić information content (AvgIpc) is 3.62. The fraction of sp³-hybridized carbons (Fsp3) is 0.0182. The summed E-state index contributed by atoms with van der Waals surface area (Å²) in [6.07, 6.45) is 0.896. The van der Waals surface area contributed by atoms with Gasteiger partial charge in [0.25, 0.3) is 0 Å². The summed E-state index contributed by atoms with van der Waals surface area (Å²) >= 11 is 0. The molecule has 1 aromatic heterocycles. The van der Waals surface area contributed by atoms with Crippen molar-refractivity contribution in [3.63, 3.8) is 0 Å². The van der Waals surface area contributed by atoms with Crippen LogP contribution < -0.4 is 4.90 Å². The minimum Gasteiger partial charge on any atom is -0.310 e. The molecule has 0 aliphatic carbocycles. The summed E-state index contributed by atoms with van der Waals surface area (Å²) in [5.74, 6) is 0. The highest BCUT2D eigenvalue weighted by Crippen LogP contribution is 2.45. The highest BCUT2D eigenvalue weighted by Gasteiger charge is 2.24. The maximum absolute atomic E-state index is 2.42. The molecular formula is C55H38N2. The number of fused-ring (bicyclic) bond motifs is 5. The van der Waals surface area contributed by atoms with Crippen LogP contribution in [0, 0.1) is 0 Å². The summed E-state index contributed by atoms with van der Waals surface area (Å²) in [5.41, 5.74) is 19.6. The molecule has 0 unspecified atom stereocenters. The standard InChI is InChI=1S/C55H38N2/c1-4-12-38(13-5-1)41-20-27-48(28-21-41)56-52-19-11-10-18-46(52)35-47-34-43(24-31-53(47)56)42-22-29-49(30-23-42)57-54-32-25-44(39-14-6-2-7-15-39)36-50(54)51-37-45(26-33-55(51)57)40-16-8-3-9-17-40/h1-34,36-37H,35H2. The average molecular weight is 727 g/mol. The normalized spacial score (nSPS) is 12.1. The molecule has 9 aromatic carbocycles. The summed E-state index contributed by atoms with van der Waals surface area (Å²) in [7, 11) is 0. The summed E-state index contributed by atoms with van der Waals surface area (Å²) < 4.78 is 2.42. The molecule has 0 atom stereocenters. The molecule has 0 amide bonds. The zero-order valence-corrected chi connectivity index (χ0v) is 31.4. The number of para-hydroxylation sites is 1. The third kappa shape index (κ3) is 5.82. The highest BCUT2D eigenvalue weighted by atomic mass is 15.2. The van der Waals surface area contributed by atoms with Gasteiger partial charge in [-0.1, -0.05) is 152 Å². The van der Waals surface area contributed by atoms with Gasteiger partial charge in [-0.2, -0.15) is 0 Å². The van der Waals surface area contributed by atoms with Crippen molar-refractivity contribution in [1.29, 1.82) is 0 Å². The zero-order valence-electron chi connectivity index (χ0n) is 31.4. The summed E-state index contributed by atoms with van der Waals surface area (Å²) in [6.45, 7) is 0. The Hall–Kier alpha value is -7.42. The fourth-order valence-corrected chi connectivity index (χ4v) is 8.77. The van der Waals surface area contributed by atoms with E-state index in [1.165, 1.54) is 88.8 Å². The number of hydrogen-bond acceptors (Lipinski definition) is 1. The molecule has 268 valence electrons. The van der Waals surface area contributed by atoms with Crippen molar-refractivity contribution >= 4 is 38.9 Å². The van der Waals surface area contributed by atoms with Crippen LogP contribution in [0.2, 0.25) is 0 Å². The Morgan fingerprint density at radius 2 is 0.684 bits per heavy atom. The lowest BCUT2D eigenvalue weighted by Gasteiger charge is -2.34. The largest absolute Gasteiger partial charge is 0.310 e. The van der Waals surface area contributed by atoms with Crippen molar-refractivity contribution in [2.24, 2.45) is 0 Å². The second-order valence-electron chi connectivity index (χ2n) is 15.0. The summed E-state index contributed by atoms with van der Waals surface area (Å²) in [4.78, 5) is 2.42. The van der Waals surface area contributed by atoms with Gasteiger partial charge in [0.15, 0.2) is 0 Å². The lowest BCUT2D eigenvalue weighted by molar-refractivity contribution is 1.09. The van der Waals surface area contributed by atoms with Gasteiger partial charge in [-0.3, -0.25) is 0 Å². The molecule has 2 nitrogen and oxygen atoms in total. The minimum absolute atomic E-state index is 0.896. The van der Waals surface area contributed by atoms with E-state index in [1.807, 2.05) is 0 Å². The highest BCUT2D eigenvalue weighted by molar-refractivity contribution is 6.11. The topological polar surface area (TPSA) is 8.17 Å². The van der Waals surface area contributed by atoms with Crippen LogP contribution in [-0.4, -0.2) is 4.57 Å². The van der Waals surface area contributed by atoms with Gasteiger partial charge in [0.2, 0.25) is 0 Å². The molecule has 0 N–H and O–H groups in total. The number of hydrogen-bond donors (Lipinski definition) is 0. The molecule has 1 aliphatic rings. The number of rotatable bonds is 6. The van der Waals surface area contributed by atoms with E-state index in [-0.39, 0.29) is 0 Å². The van der Waals surface area contributed by atoms with Gasteiger partial charge in [-0.25, -0.2) is 0 Å². The molecule has 57 heavy (non-hydrogen) atoms. The van der Waals surface area contributed by atoms with E-state index in [0.717, 1.165) is 17.8 Å². The first-order valence-corrected chi connectivity index (χ1v) is 19.7. The predicted octanol–water partition coefficient (Wildman–Crippen LogP) is 14.8. The summed E-state index contributed by atoms with van der Waals surface area (Å²) in [5, 5.41) is 2.50. The summed E-state index contributed by atoms with van der Waals surface area (Å²) in [6, 6.07) is 79.6. The maximum Gasteiger partial charge on any atom is 0.0541 e. The van der Waals surface area contributed by atoms with E-state index in [2.05, 4.69) is 228 Å². The third-order valence-electron chi connectivity index (χ3n) is 11.6. The Balaban J connectivity index is 0.972. The Labute approximate surface area is 333 Å². The van der Waals surface area contributed by atoms with E-state index >= 15 is 0 Å². The first kappa shape index (κ1) is 33.0. The quantitative estimate of drug-likeness (QED) is 0.166.